The SMILES string of the molecule is COC(=O)COC1CCC(Nc2nc(-n3c(C)ccc3C)nc(C)c2Br)CC1. The number of methoxy groups -OCH3 is 1. The van der Waals surface area contributed by atoms with Gasteiger partial charge >= 0.3 is 5.97 Å². The van der Waals surface area contributed by atoms with Crippen LogP contribution < -0.4 is 5.32 Å². The van der Waals surface area contributed by atoms with Gasteiger partial charge in [-0.25, -0.2) is 9.78 Å². The standard InChI is InChI=1S/C20H27BrN4O3/c1-12-5-6-13(2)25(12)20-22-14(3)18(21)19(24-20)23-15-7-9-16(10-8-15)28-11-17(26)27-4/h5-6,15-16H,7-11H2,1-4H3,(H,22,23,24). The van der Waals surface area contributed by atoms with Gasteiger partial charge in [0.1, 0.15) is 12.4 Å². The topological polar surface area (TPSA) is 78.3 Å². The Labute approximate surface area is 174 Å². The first-order chi connectivity index (χ1) is 13.4. The molecule has 0 aromatic carbocycles. The Morgan fingerprint density at radius 2 is 1.82 bits per heavy atom. The Morgan fingerprint density at radius 1 is 1.18 bits per heavy atom. The smallest absolute Gasteiger partial charge is 0.331 e. The lowest BCUT2D eigenvalue weighted by molar-refractivity contribution is -0.148. The van der Waals surface area contributed by atoms with Gasteiger partial charge in [0, 0.05) is 17.4 Å². The molecule has 2 aromatic rings. The van der Waals surface area contributed by atoms with E-state index < -0.39 is 0 Å². The van der Waals surface area contributed by atoms with E-state index in [1.54, 1.807) is 0 Å². The molecule has 2 heterocycles. The number of halogens is 1. The number of anilines is 1. The molecule has 0 bridgehead atoms. The van der Waals surface area contributed by atoms with Crippen molar-refractivity contribution < 1.29 is 14.3 Å². The molecule has 0 amide bonds. The van der Waals surface area contributed by atoms with Gasteiger partial charge in [-0.3, -0.25) is 4.57 Å². The van der Waals surface area contributed by atoms with E-state index >= 15 is 0 Å². The predicted molar refractivity (Wildman–Crippen MR) is 111 cm³/mol. The van der Waals surface area contributed by atoms with Gasteiger partial charge in [-0.2, -0.15) is 4.98 Å². The van der Waals surface area contributed by atoms with Gasteiger partial charge in [0.25, 0.3) is 0 Å². The zero-order valence-corrected chi connectivity index (χ0v) is 18.4. The van der Waals surface area contributed by atoms with Crippen molar-refractivity contribution in [3.05, 3.63) is 33.7 Å². The maximum absolute atomic E-state index is 11.2. The highest BCUT2D eigenvalue weighted by molar-refractivity contribution is 9.10. The van der Waals surface area contributed by atoms with Gasteiger partial charge < -0.3 is 14.8 Å². The molecule has 8 heteroatoms. The second kappa shape index (κ2) is 9.05. The minimum atomic E-state index is -0.330. The van der Waals surface area contributed by atoms with E-state index in [0.29, 0.717) is 12.0 Å². The Hall–Kier alpha value is -1.93. The first-order valence-electron chi connectivity index (χ1n) is 9.53. The van der Waals surface area contributed by atoms with Crippen LogP contribution in [0, 0.1) is 20.8 Å². The van der Waals surface area contributed by atoms with E-state index in [2.05, 4.69) is 61.5 Å². The number of carbonyl (C=O) groups excluding carboxylic acids is 1. The van der Waals surface area contributed by atoms with Crippen LogP contribution in [0.3, 0.4) is 0 Å². The van der Waals surface area contributed by atoms with Gasteiger partial charge in [-0.15, -0.1) is 0 Å². The molecule has 28 heavy (non-hydrogen) atoms. The summed E-state index contributed by atoms with van der Waals surface area (Å²) in [7, 11) is 1.37. The van der Waals surface area contributed by atoms with Crippen molar-refractivity contribution in [2.24, 2.45) is 0 Å². The summed E-state index contributed by atoms with van der Waals surface area (Å²) in [5.41, 5.74) is 3.11. The fraction of sp³-hybridized carbons (Fsp3) is 0.550. The van der Waals surface area contributed by atoms with Crippen molar-refractivity contribution in [2.45, 2.75) is 58.6 Å². The Balaban J connectivity index is 1.67. The minimum Gasteiger partial charge on any atom is -0.467 e. The molecule has 3 rings (SSSR count). The first-order valence-corrected chi connectivity index (χ1v) is 10.3. The van der Waals surface area contributed by atoms with E-state index in [1.807, 2.05) is 6.92 Å². The number of esters is 1. The largest absolute Gasteiger partial charge is 0.467 e. The number of nitrogens with one attached hydrogen (secondary N) is 1. The Bertz CT molecular complexity index is 825. The molecule has 0 radical (unpaired) electrons. The molecule has 1 aliphatic carbocycles. The van der Waals surface area contributed by atoms with Crippen LogP contribution in [0.15, 0.2) is 16.6 Å². The Kier molecular flexibility index (Phi) is 6.72. The van der Waals surface area contributed by atoms with Crippen molar-refractivity contribution >= 4 is 27.7 Å². The number of ether oxygens (including phenoxy) is 2. The molecular weight excluding hydrogens is 424 g/mol. The van der Waals surface area contributed by atoms with Crippen LogP contribution in [0.25, 0.3) is 5.95 Å². The highest BCUT2D eigenvalue weighted by Crippen LogP contribution is 2.29. The predicted octanol–water partition coefficient (Wildman–Crippen LogP) is 3.87. The van der Waals surface area contributed by atoms with Gasteiger partial charge in [0.2, 0.25) is 5.95 Å². The van der Waals surface area contributed by atoms with Gasteiger partial charge in [0.05, 0.1) is 23.4 Å². The van der Waals surface area contributed by atoms with Gasteiger partial charge in [-0.05, 0) is 74.5 Å². The Morgan fingerprint density at radius 3 is 2.43 bits per heavy atom. The molecule has 2 aromatic heterocycles. The average Bonchev–Trinajstić information content (AvgIpc) is 3.02. The van der Waals surface area contributed by atoms with Crippen LogP contribution in [0.5, 0.6) is 0 Å². The van der Waals surface area contributed by atoms with Crippen LogP contribution in [-0.2, 0) is 14.3 Å². The van der Waals surface area contributed by atoms with Crippen LogP contribution >= 0.6 is 15.9 Å². The number of aryl methyl sites for hydroxylation is 3. The van der Waals surface area contributed by atoms with Crippen molar-refractivity contribution in [1.29, 1.82) is 0 Å². The number of hydrogen-bond donors (Lipinski definition) is 1. The average molecular weight is 451 g/mol. The van der Waals surface area contributed by atoms with Gasteiger partial charge in [-0.1, -0.05) is 0 Å². The summed E-state index contributed by atoms with van der Waals surface area (Å²) in [5, 5.41) is 3.57. The molecule has 1 N–H and O–H groups in total. The number of nitrogens with zero attached hydrogens (tertiary/aromatic N) is 3. The zero-order chi connectivity index (χ0) is 20.3. The molecule has 0 unspecified atom stereocenters. The number of hydrogen-bond acceptors (Lipinski definition) is 6. The maximum atomic E-state index is 11.2. The molecule has 1 aliphatic rings. The fourth-order valence-corrected chi connectivity index (χ4v) is 3.83. The zero-order valence-electron chi connectivity index (χ0n) is 16.8. The highest BCUT2D eigenvalue weighted by Gasteiger charge is 2.24. The van der Waals surface area contributed by atoms with Gasteiger partial charge in [0.15, 0.2) is 0 Å². The summed E-state index contributed by atoms with van der Waals surface area (Å²) in [6.45, 7) is 6.11. The lowest BCUT2D eigenvalue weighted by atomic mass is 9.93. The molecule has 0 atom stereocenters. The number of carbonyl (C=O) groups is 1. The second-order valence-electron chi connectivity index (χ2n) is 7.23. The summed E-state index contributed by atoms with van der Waals surface area (Å²) in [6.07, 6.45) is 3.82. The first kappa shape index (κ1) is 20.8. The maximum Gasteiger partial charge on any atom is 0.331 e. The third-order valence-electron chi connectivity index (χ3n) is 5.16. The minimum absolute atomic E-state index is 0.0227. The second-order valence-corrected chi connectivity index (χ2v) is 8.02. The molecule has 1 saturated carbocycles. The summed E-state index contributed by atoms with van der Waals surface area (Å²) in [6, 6.07) is 4.45. The molecule has 0 saturated heterocycles. The van der Waals surface area contributed by atoms with Crippen molar-refractivity contribution in [3.8, 4) is 5.95 Å². The van der Waals surface area contributed by atoms with E-state index in [9.17, 15) is 4.79 Å². The van der Waals surface area contributed by atoms with Crippen molar-refractivity contribution in [2.75, 3.05) is 19.0 Å². The molecule has 152 valence electrons. The third-order valence-corrected chi connectivity index (χ3v) is 6.11. The van der Waals surface area contributed by atoms with E-state index in [-0.39, 0.29) is 18.7 Å². The number of rotatable bonds is 6. The van der Waals surface area contributed by atoms with Crippen LogP contribution in [-0.4, -0.2) is 46.4 Å². The number of aromatic nitrogens is 3. The van der Waals surface area contributed by atoms with E-state index in [4.69, 9.17) is 9.72 Å². The fourth-order valence-electron chi connectivity index (χ4n) is 3.54. The van der Waals surface area contributed by atoms with Crippen molar-refractivity contribution in [3.63, 3.8) is 0 Å². The van der Waals surface area contributed by atoms with Crippen LogP contribution in [0.2, 0.25) is 0 Å². The summed E-state index contributed by atoms with van der Waals surface area (Å²) >= 11 is 3.63. The monoisotopic (exact) mass is 450 g/mol. The third kappa shape index (κ3) is 4.72. The normalized spacial score (nSPS) is 19.5. The lowest BCUT2D eigenvalue weighted by Gasteiger charge is -2.29. The lowest BCUT2D eigenvalue weighted by Crippen LogP contribution is -2.31. The molecule has 7 nitrogen and oxygen atoms in total. The molecule has 0 spiro atoms. The van der Waals surface area contributed by atoms with Crippen molar-refractivity contribution in [1.82, 2.24) is 14.5 Å². The summed E-state index contributed by atoms with van der Waals surface area (Å²) in [4.78, 5) is 20.7. The quantitative estimate of drug-likeness (QED) is 0.672. The molecular formula is C20H27BrN4O3. The van der Waals surface area contributed by atoms with Crippen LogP contribution in [0.4, 0.5) is 5.82 Å². The summed E-state index contributed by atoms with van der Waals surface area (Å²) in [5.74, 6) is 1.16. The molecule has 0 aliphatic heterocycles. The molecule has 1 fully saturated rings. The highest BCUT2D eigenvalue weighted by atomic mass is 79.9. The van der Waals surface area contributed by atoms with E-state index in [0.717, 1.165) is 53.1 Å². The summed E-state index contributed by atoms with van der Waals surface area (Å²) < 4.78 is 13.2. The van der Waals surface area contributed by atoms with E-state index in [1.165, 1.54) is 7.11 Å². The van der Waals surface area contributed by atoms with Crippen LogP contribution in [0.1, 0.15) is 42.8 Å².